The quantitative estimate of drug-likeness (QED) is 0.360. The minimum absolute atomic E-state index is 0.0995. The summed E-state index contributed by atoms with van der Waals surface area (Å²) in [6.07, 6.45) is 3.02. The van der Waals surface area contributed by atoms with Gasteiger partial charge in [-0.2, -0.15) is 0 Å². The van der Waals surface area contributed by atoms with Gasteiger partial charge in [0.1, 0.15) is 6.29 Å². The molecule has 0 bridgehead atoms. The molecule has 0 heterocycles. The Balaban J connectivity index is 3.21. The maximum absolute atomic E-state index is 10.9. The molecule has 4 nitrogen and oxygen atoms in total. The number of carbonyl (C=O) groups excluding carboxylic acids is 2. The van der Waals surface area contributed by atoms with Crippen LogP contribution in [0.25, 0.3) is 0 Å². The number of esters is 1. The van der Waals surface area contributed by atoms with E-state index in [2.05, 4.69) is 5.32 Å². The smallest absolute Gasteiger partial charge is 0.305 e. The monoisotopic (exact) mass is 201 g/mol. The van der Waals surface area contributed by atoms with E-state index >= 15 is 0 Å². The molecule has 0 rings (SSSR count). The van der Waals surface area contributed by atoms with Gasteiger partial charge in [0.15, 0.2) is 0 Å². The van der Waals surface area contributed by atoms with Gasteiger partial charge in [0.2, 0.25) is 0 Å². The molecule has 82 valence electrons. The molecule has 1 N–H and O–H groups in total. The summed E-state index contributed by atoms with van der Waals surface area (Å²) in [5, 5.41) is 3.02. The molecule has 14 heavy (non-hydrogen) atoms. The third-order valence-electron chi connectivity index (χ3n) is 1.78. The van der Waals surface area contributed by atoms with Crippen LogP contribution < -0.4 is 5.32 Å². The molecule has 0 radical (unpaired) electrons. The lowest BCUT2D eigenvalue weighted by molar-refractivity contribution is -0.143. The fourth-order valence-electron chi connectivity index (χ4n) is 1.01. The molecule has 0 fully saturated rings. The van der Waals surface area contributed by atoms with Crippen molar-refractivity contribution >= 4 is 12.3 Å². The van der Waals surface area contributed by atoms with Crippen molar-refractivity contribution in [3.63, 3.8) is 0 Å². The molecule has 0 aromatic heterocycles. The van der Waals surface area contributed by atoms with Crippen molar-refractivity contribution in [2.75, 3.05) is 13.2 Å². The number of aldehydes is 1. The summed E-state index contributed by atoms with van der Waals surface area (Å²) in [4.78, 5) is 21.1. The zero-order chi connectivity index (χ0) is 10.8. The first kappa shape index (κ1) is 13.1. The second-order valence-corrected chi connectivity index (χ2v) is 3.14. The lowest BCUT2D eigenvalue weighted by Crippen LogP contribution is -2.28. The molecule has 0 aliphatic heterocycles. The number of carbonyl (C=O) groups is 2. The molecule has 0 aromatic rings. The molecular formula is C10H19NO3. The lowest BCUT2D eigenvalue weighted by Gasteiger charge is -2.06. The van der Waals surface area contributed by atoms with Crippen molar-refractivity contribution in [1.29, 1.82) is 0 Å². The molecule has 0 spiro atoms. The third-order valence-corrected chi connectivity index (χ3v) is 1.78. The van der Waals surface area contributed by atoms with Crippen LogP contribution in [0.15, 0.2) is 0 Å². The van der Waals surface area contributed by atoms with Crippen LogP contribution >= 0.6 is 0 Å². The van der Waals surface area contributed by atoms with E-state index in [0.717, 1.165) is 25.7 Å². The highest BCUT2D eigenvalue weighted by Crippen LogP contribution is 1.96. The Kier molecular flexibility index (Phi) is 8.13. The number of ether oxygens (including phenoxy) is 1. The number of rotatable bonds is 8. The Hall–Kier alpha value is -0.900. The summed E-state index contributed by atoms with van der Waals surface area (Å²) < 4.78 is 4.78. The lowest BCUT2D eigenvalue weighted by atomic mass is 10.2. The van der Waals surface area contributed by atoms with E-state index in [4.69, 9.17) is 4.74 Å². The summed E-state index contributed by atoms with van der Waals surface area (Å²) in [5.41, 5.74) is 0. The van der Waals surface area contributed by atoms with Crippen LogP contribution in [0.1, 0.15) is 33.1 Å². The fourth-order valence-corrected chi connectivity index (χ4v) is 1.01. The minimum atomic E-state index is -0.143. The highest BCUT2D eigenvalue weighted by molar-refractivity contribution is 5.69. The van der Waals surface area contributed by atoms with Crippen LogP contribution in [0.3, 0.4) is 0 Å². The fraction of sp³-hybridized carbons (Fsp3) is 0.800. The number of hydrogen-bond acceptors (Lipinski definition) is 4. The first-order valence-electron chi connectivity index (χ1n) is 5.05. The van der Waals surface area contributed by atoms with Gasteiger partial charge in [-0.3, -0.25) is 4.79 Å². The SMILES string of the molecule is CCOC(=O)CCCCN[C@@H](C)C=O. The first-order valence-corrected chi connectivity index (χ1v) is 5.05. The number of nitrogens with one attached hydrogen (secondary N) is 1. The van der Waals surface area contributed by atoms with Crippen molar-refractivity contribution in [2.45, 2.75) is 39.2 Å². The van der Waals surface area contributed by atoms with Crippen molar-refractivity contribution in [2.24, 2.45) is 0 Å². The van der Waals surface area contributed by atoms with Crippen LogP contribution in [0.2, 0.25) is 0 Å². The van der Waals surface area contributed by atoms with Gasteiger partial charge in [-0.05, 0) is 33.2 Å². The average molecular weight is 201 g/mol. The van der Waals surface area contributed by atoms with Crippen LogP contribution in [-0.2, 0) is 14.3 Å². The van der Waals surface area contributed by atoms with Crippen molar-refractivity contribution < 1.29 is 14.3 Å². The van der Waals surface area contributed by atoms with E-state index in [9.17, 15) is 9.59 Å². The van der Waals surface area contributed by atoms with Crippen LogP contribution in [0.5, 0.6) is 0 Å². The van der Waals surface area contributed by atoms with E-state index in [1.807, 2.05) is 0 Å². The Morgan fingerprint density at radius 2 is 2.21 bits per heavy atom. The predicted octanol–water partition coefficient (Wildman–Crippen LogP) is 0.897. The average Bonchev–Trinajstić information content (AvgIpc) is 2.17. The Bertz CT molecular complexity index is 171. The van der Waals surface area contributed by atoms with Gasteiger partial charge >= 0.3 is 5.97 Å². The van der Waals surface area contributed by atoms with Crippen molar-refractivity contribution in [3.8, 4) is 0 Å². The van der Waals surface area contributed by atoms with E-state index in [1.54, 1.807) is 13.8 Å². The zero-order valence-electron chi connectivity index (χ0n) is 8.91. The Morgan fingerprint density at radius 1 is 1.50 bits per heavy atom. The topological polar surface area (TPSA) is 55.4 Å². The highest BCUT2D eigenvalue weighted by Gasteiger charge is 2.01. The molecule has 0 aliphatic rings. The first-order chi connectivity index (χ1) is 6.70. The van der Waals surface area contributed by atoms with E-state index in [-0.39, 0.29) is 12.0 Å². The summed E-state index contributed by atoms with van der Waals surface area (Å²) in [6.45, 7) is 4.81. The summed E-state index contributed by atoms with van der Waals surface area (Å²) in [6, 6.07) is -0.0995. The van der Waals surface area contributed by atoms with Gasteiger partial charge in [-0.1, -0.05) is 0 Å². The van der Waals surface area contributed by atoms with Gasteiger partial charge in [0, 0.05) is 6.42 Å². The molecule has 1 atom stereocenters. The molecule has 0 aromatic carbocycles. The summed E-state index contributed by atoms with van der Waals surface area (Å²) >= 11 is 0. The second kappa shape index (κ2) is 8.69. The largest absolute Gasteiger partial charge is 0.466 e. The molecule has 0 amide bonds. The maximum atomic E-state index is 10.9. The van der Waals surface area contributed by atoms with E-state index < -0.39 is 0 Å². The number of hydrogen-bond donors (Lipinski definition) is 1. The molecular weight excluding hydrogens is 182 g/mol. The van der Waals surface area contributed by atoms with Crippen molar-refractivity contribution in [1.82, 2.24) is 5.32 Å². The second-order valence-electron chi connectivity index (χ2n) is 3.14. The van der Waals surface area contributed by atoms with E-state index in [1.165, 1.54) is 0 Å². The van der Waals surface area contributed by atoms with E-state index in [0.29, 0.717) is 13.0 Å². The maximum Gasteiger partial charge on any atom is 0.305 e. The zero-order valence-corrected chi connectivity index (χ0v) is 8.91. The number of unbranched alkanes of at least 4 members (excludes halogenated alkanes) is 1. The minimum Gasteiger partial charge on any atom is -0.466 e. The van der Waals surface area contributed by atoms with Gasteiger partial charge in [-0.25, -0.2) is 0 Å². The van der Waals surface area contributed by atoms with Crippen LogP contribution in [0.4, 0.5) is 0 Å². The van der Waals surface area contributed by atoms with Gasteiger partial charge in [0.25, 0.3) is 0 Å². The van der Waals surface area contributed by atoms with Gasteiger partial charge in [-0.15, -0.1) is 0 Å². The Labute approximate surface area is 85.0 Å². The molecule has 0 unspecified atom stereocenters. The van der Waals surface area contributed by atoms with Gasteiger partial charge in [0.05, 0.1) is 12.6 Å². The van der Waals surface area contributed by atoms with Crippen LogP contribution in [0, 0.1) is 0 Å². The summed E-state index contributed by atoms with van der Waals surface area (Å²) in [5.74, 6) is -0.143. The predicted molar refractivity (Wildman–Crippen MR) is 54.0 cm³/mol. The standard InChI is InChI=1S/C10H19NO3/c1-3-14-10(13)6-4-5-7-11-9(2)8-12/h8-9,11H,3-7H2,1-2H3/t9-/m0/s1. The molecule has 0 saturated heterocycles. The van der Waals surface area contributed by atoms with Gasteiger partial charge < -0.3 is 14.8 Å². The summed E-state index contributed by atoms with van der Waals surface area (Å²) in [7, 11) is 0. The van der Waals surface area contributed by atoms with Crippen LogP contribution in [-0.4, -0.2) is 31.4 Å². The van der Waals surface area contributed by atoms with Crippen molar-refractivity contribution in [3.05, 3.63) is 0 Å². The molecule has 0 aliphatic carbocycles. The normalized spacial score (nSPS) is 12.1. The molecule has 4 heteroatoms. The third kappa shape index (κ3) is 7.73. The Morgan fingerprint density at radius 3 is 2.79 bits per heavy atom. The molecule has 0 saturated carbocycles. The highest BCUT2D eigenvalue weighted by atomic mass is 16.5.